The van der Waals surface area contributed by atoms with Gasteiger partial charge in [0.1, 0.15) is 12.2 Å². The summed E-state index contributed by atoms with van der Waals surface area (Å²) in [6.07, 6.45) is 4.04. The standard InChI is InChI=1S/C31H44O8/c1-16(32)36-19-14-22-30(7)13-10-20-28(4,5)11-9-12-29(20,6)21(30)15-23(37-17(2)33)31(22,8)25-24(19)26(35)39-27(25)38-18(3)34/h19-23,27H,9-15H2,1-8H3/t19-,20+,21-,22+,23-,27-,29+,30-,31-/m1/s1. The Morgan fingerprint density at radius 2 is 1.38 bits per heavy atom. The van der Waals surface area contributed by atoms with Crippen molar-refractivity contribution in [1.29, 1.82) is 0 Å². The lowest BCUT2D eigenvalue weighted by Gasteiger charge is -2.70. The highest BCUT2D eigenvalue weighted by atomic mass is 16.7. The monoisotopic (exact) mass is 544 g/mol. The molecule has 39 heavy (non-hydrogen) atoms. The Morgan fingerprint density at radius 3 is 2.00 bits per heavy atom. The fourth-order valence-electron chi connectivity index (χ4n) is 10.4. The van der Waals surface area contributed by atoms with E-state index in [1.54, 1.807) is 0 Å². The maximum Gasteiger partial charge on any atom is 0.341 e. The van der Waals surface area contributed by atoms with Crippen LogP contribution in [0.25, 0.3) is 0 Å². The molecule has 0 aromatic carbocycles. The van der Waals surface area contributed by atoms with Gasteiger partial charge in [0.15, 0.2) is 0 Å². The SMILES string of the molecule is CC(=O)O[C@@H]1OC(=O)C2=C1[C@@]1(C)[C@H](OC(C)=O)C[C@@H]3[C@@]4(C)CCCC(C)(C)[C@@H]4CC[C@@]3(C)[C@@H]1C[C@H]2OC(C)=O. The molecule has 9 atom stereocenters. The molecular formula is C31H44O8. The summed E-state index contributed by atoms with van der Waals surface area (Å²) >= 11 is 0. The van der Waals surface area contributed by atoms with E-state index < -0.39 is 41.8 Å². The highest BCUT2D eigenvalue weighted by Gasteiger charge is 2.71. The lowest BCUT2D eigenvalue weighted by atomic mass is 9.35. The van der Waals surface area contributed by atoms with Crippen molar-refractivity contribution in [3.63, 3.8) is 0 Å². The highest BCUT2D eigenvalue weighted by molar-refractivity contribution is 5.95. The van der Waals surface area contributed by atoms with Gasteiger partial charge in [0.05, 0.1) is 5.57 Å². The Balaban J connectivity index is 1.71. The van der Waals surface area contributed by atoms with Gasteiger partial charge >= 0.3 is 23.9 Å². The minimum atomic E-state index is -1.24. The van der Waals surface area contributed by atoms with Crippen molar-refractivity contribution in [2.24, 2.45) is 39.4 Å². The first-order chi connectivity index (χ1) is 18.1. The summed E-state index contributed by atoms with van der Waals surface area (Å²) in [5, 5.41) is 0. The third kappa shape index (κ3) is 4.06. The molecule has 3 fully saturated rings. The topological polar surface area (TPSA) is 105 Å². The number of ether oxygens (including phenoxy) is 4. The average Bonchev–Trinajstić information content (AvgIpc) is 3.11. The molecule has 0 N–H and O–H groups in total. The van der Waals surface area contributed by atoms with E-state index in [9.17, 15) is 19.2 Å². The number of esters is 4. The van der Waals surface area contributed by atoms with Crippen molar-refractivity contribution in [3.05, 3.63) is 11.1 Å². The van der Waals surface area contributed by atoms with E-state index >= 15 is 0 Å². The molecule has 0 saturated heterocycles. The molecule has 5 aliphatic rings. The first-order valence-electron chi connectivity index (χ1n) is 14.5. The van der Waals surface area contributed by atoms with Crippen LogP contribution in [-0.2, 0) is 38.1 Å². The van der Waals surface area contributed by atoms with E-state index in [2.05, 4.69) is 27.7 Å². The van der Waals surface area contributed by atoms with Gasteiger partial charge in [-0.25, -0.2) is 4.79 Å². The average molecular weight is 545 g/mol. The van der Waals surface area contributed by atoms with Crippen LogP contribution in [0.3, 0.4) is 0 Å². The summed E-state index contributed by atoms with van der Waals surface area (Å²) in [7, 11) is 0. The Kier molecular flexibility index (Phi) is 6.55. The van der Waals surface area contributed by atoms with Gasteiger partial charge in [-0.2, -0.15) is 0 Å². The first kappa shape index (κ1) is 28.2. The van der Waals surface area contributed by atoms with Gasteiger partial charge in [-0.05, 0) is 72.5 Å². The molecule has 216 valence electrons. The smallest absolute Gasteiger partial charge is 0.341 e. The fraction of sp³-hybridized carbons (Fsp3) is 0.806. The van der Waals surface area contributed by atoms with Crippen molar-refractivity contribution >= 4 is 23.9 Å². The van der Waals surface area contributed by atoms with Crippen molar-refractivity contribution in [2.75, 3.05) is 0 Å². The van der Waals surface area contributed by atoms with Crippen LogP contribution in [0, 0.1) is 39.4 Å². The third-order valence-electron chi connectivity index (χ3n) is 11.7. The summed E-state index contributed by atoms with van der Waals surface area (Å²) in [5.74, 6) is -1.41. The number of fused-ring (bicyclic) bond motifs is 6. The van der Waals surface area contributed by atoms with E-state index in [4.69, 9.17) is 18.9 Å². The van der Waals surface area contributed by atoms with E-state index in [0.717, 1.165) is 25.7 Å². The lowest BCUT2D eigenvalue weighted by Crippen LogP contribution is -2.67. The van der Waals surface area contributed by atoms with Gasteiger partial charge < -0.3 is 18.9 Å². The number of hydrogen-bond acceptors (Lipinski definition) is 8. The highest BCUT2D eigenvalue weighted by Crippen LogP contribution is 2.74. The molecule has 1 heterocycles. The number of hydrogen-bond donors (Lipinski definition) is 0. The molecule has 0 amide bonds. The summed E-state index contributed by atoms with van der Waals surface area (Å²) in [4.78, 5) is 50.2. The zero-order chi connectivity index (χ0) is 28.7. The predicted octanol–water partition coefficient (Wildman–Crippen LogP) is 5.27. The number of carbonyl (C=O) groups is 4. The van der Waals surface area contributed by atoms with Crippen LogP contribution < -0.4 is 0 Å². The molecule has 0 bridgehead atoms. The summed E-state index contributed by atoms with van der Waals surface area (Å²) < 4.78 is 23.1. The Hall–Kier alpha value is -2.38. The van der Waals surface area contributed by atoms with Gasteiger partial charge in [-0.1, -0.05) is 41.0 Å². The predicted molar refractivity (Wildman–Crippen MR) is 141 cm³/mol. The van der Waals surface area contributed by atoms with Gasteiger partial charge in [-0.15, -0.1) is 0 Å². The van der Waals surface area contributed by atoms with Crippen molar-refractivity contribution < 1.29 is 38.1 Å². The van der Waals surface area contributed by atoms with Gasteiger partial charge in [0, 0.05) is 31.8 Å². The maximum atomic E-state index is 13.2. The first-order valence-corrected chi connectivity index (χ1v) is 14.5. The molecular weight excluding hydrogens is 500 g/mol. The number of carbonyl (C=O) groups excluding carboxylic acids is 4. The van der Waals surface area contributed by atoms with Crippen LogP contribution in [0.4, 0.5) is 0 Å². The summed E-state index contributed by atoms with van der Waals surface area (Å²) in [6.45, 7) is 15.6. The van der Waals surface area contributed by atoms with E-state index in [1.807, 2.05) is 6.92 Å². The molecule has 0 aromatic rings. The van der Waals surface area contributed by atoms with Gasteiger partial charge in [-0.3, -0.25) is 14.4 Å². The molecule has 0 radical (unpaired) electrons. The van der Waals surface area contributed by atoms with Crippen LogP contribution in [0.5, 0.6) is 0 Å². The molecule has 8 heteroatoms. The fourth-order valence-corrected chi connectivity index (χ4v) is 10.4. The largest absolute Gasteiger partial charge is 0.462 e. The second-order valence-corrected chi connectivity index (χ2v) is 14.2. The zero-order valence-corrected chi connectivity index (χ0v) is 24.7. The van der Waals surface area contributed by atoms with Crippen LogP contribution in [-0.4, -0.2) is 42.4 Å². The Bertz CT molecular complexity index is 1140. The van der Waals surface area contributed by atoms with Crippen LogP contribution >= 0.6 is 0 Å². The van der Waals surface area contributed by atoms with Gasteiger partial charge in [0.25, 0.3) is 6.29 Å². The van der Waals surface area contributed by atoms with E-state index in [1.165, 1.54) is 27.2 Å². The van der Waals surface area contributed by atoms with Crippen LogP contribution in [0.15, 0.2) is 11.1 Å². The third-order valence-corrected chi connectivity index (χ3v) is 11.7. The summed E-state index contributed by atoms with van der Waals surface area (Å²) in [6, 6.07) is 0. The quantitative estimate of drug-likeness (QED) is 0.349. The molecule has 4 aliphatic carbocycles. The molecule has 0 aromatic heterocycles. The Morgan fingerprint density at radius 1 is 0.769 bits per heavy atom. The molecule has 1 aliphatic heterocycles. The van der Waals surface area contributed by atoms with Crippen LogP contribution in [0.1, 0.15) is 100 Å². The van der Waals surface area contributed by atoms with Crippen molar-refractivity contribution in [3.8, 4) is 0 Å². The Labute approximate surface area is 231 Å². The zero-order valence-electron chi connectivity index (χ0n) is 24.7. The number of rotatable bonds is 3. The number of cyclic esters (lactones) is 1. The minimum Gasteiger partial charge on any atom is -0.462 e. The molecule has 5 rings (SSSR count). The van der Waals surface area contributed by atoms with E-state index in [0.29, 0.717) is 24.3 Å². The normalized spacial score (nSPS) is 44.2. The van der Waals surface area contributed by atoms with Crippen molar-refractivity contribution in [1.82, 2.24) is 0 Å². The molecule has 3 saturated carbocycles. The second kappa shape index (κ2) is 9.07. The second-order valence-electron chi connectivity index (χ2n) is 14.2. The lowest BCUT2D eigenvalue weighted by molar-refractivity contribution is -0.234. The molecule has 0 spiro atoms. The summed E-state index contributed by atoms with van der Waals surface area (Å²) in [5.41, 5.74) is -0.0333. The maximum absolute atomic E-state index is 13.2. The minimum absolute atomic E-state index is 0.0529. The molecule has 8 nitrogen and oxygen atoms in total. The molecule has 0 unspecified atom stereocenters. The van der Waals surface area contributed by atoms with Gasteiger partial charge in [0.2, 0.25) is 0 Å². The van der Waals surface area contributed by atoms with Crippen LogP contribution in [0.2, 0.25) is 0 Å². The van der Waals surface area contributed by atoms with E-state index in [-0.39, 0.29) is 39.6 Å². The van der Waals surface area contributed by atoms with Crippen molar-refractivity contribution in [2.45, 2.75) is 119 Å².